The molecule has 21 heavy (non-hydrogen) atoms. The minimum atomic E-state index is -0.454. The van der Waals surface area contributed by atoms with E-state index < -0.39 is 4.92 Å². The summed E-state index contributed by atoms with van der Waals surface area (Å²) in [6, 6.07) is 7.71. The maximum atomic E-state index is 11.2. The summed E-state index contributed by atoms with van der Waals surface area (Å²) in [6.07, 6.45) is 2.16. The molecule has 1 N–H and O–H groups in total. The number of nitrogens with zero attached hydrogens (tertiary/aromatic N) is 3. The van der Waals surface area contributed by atoms with E-state index in [2.05, 4.69) is 29.1 Å². The SMILES string of the molecule is CNc1ncc([N+](=O)[O-])c(-c2cccc(CC(C)C)c2)n1. The van der Waals surface area contributed by atoms with E-state index in [4.69, 9.17) is 0 Å². The van der Waals surface area contributed by atoms with Gasteiger partial charge in [-0.3, -0.25) is 10.1 Å². The average molecular weight is 286 g/mol. The highest BCUT2D eigenvalue weighted by Crippen LogP contribution is 2.29. The lowest BCUT2D eigenvalue weighted by molar-refractivity contribution is -0.384. The minimum Gasteiger partial charge on any atom is -0.357 e. The molecule has 0 aliphatic heterocycles. The molecule has 0 atom stereocenters. The van der Waals surface area contributed by atoms with Crippen LogP contribution in [0.15, 0.2) is 30.5 Å². The van der Waals surface area contributed by atoms with E-state index in [1.54, 1.807) is 7.05 Å². The summed E-state index contributed by atoms with van der Waals surface area (Å²) in [5.41, 5.74) is 2.13. The molecular formula is C15H18N4O2. The van der Waals surface area contributed by atoms with Crippen LogP contribution in [0.3, 0.4) is 0 Å². The highest BCUT2D eigenvalue weighted by atomic mass is 16.6. The normalized spacial score (nSPS) is 10.7. The van der Waals surface area contributed by atoms with Crippen molar-refractivity contribution in [3.63, 3.8) is 0 Å². The molecule has 6 nitrogen and oxygen atoms in total. The third kappa shape index (κ3) is 3.53. The molecule has 1 aromatic heterocycles. The van der Waals surface area contributed by atoms with E-state index in [0.717, 1.165) is 17.5 Å². The molecule has 0 aliphatic rings. The van der Waals surface area contributed by atoms with Gasteiger partial charge in [-0.2, -0.15) is 0 Å². The van der Waals surface area contributed by atoms with Gasteiger partial charge in [0.25, 0.3) is 0 Å². The summed E-state index contributed by atoms with van der Waals surface area (Å²) < 4.78 is 0. The molecule has 0 fully saturated rings. The first-order chi connectivity index (χ1) is 10.0. The fraction of sp³-hybridized carbons (Fsp3) is 0.333. The second-order valence-corrected chi connectivity index (χ2v) is 5.23. The molecule has 0 bridgehead atoms. The molecule has 2 rings (SSSR count). The molecule has 0 radical (unpaired) electrons. The van der Waals surface area contributed by atoms with Crippen molar-refractivity contribution in [2.75, 3.05) is 12.4 Å². The molecule has 6 heteroatoms. The van der Waals surface area contributed by atoms with Crippen molar-refractivity contribution in [3.05, 3.63) is 46.1 Å². The van der Waals surface area contributed by atoms with Gasteiger partial charge in [-0.25, -0.2) is 9.97 Å². The van der Waals surface area contributed by atoms with Gasteiger partial charge in [0.2, 0.25) is 5.95 Å². The number of anilines is 1. The lowest BCUT2D eigenvalue weighted by atomic mass is 9.99. The Morgan fingerprint density at radius 3 is 2.76 bits per heavy atom. The van der Waals surface area contributed by atoms with Gasteiger partial charge in [0, 0.05) is 12.6 Å². The number of benzene rings is 1. The number of nitrogens with one attached hydrogen (secondary N) is 1. The molecular weight excluding hydrogens is 268 g/mol. The van der Waals surface area contributed by atoms with Crippen LogP contribution < -0.4 is 5.32 Å². The van der Waals surface area contributed by atoms with E-state index in [1.165, 1.54) is 6.20 Å². The Balaban J connectivity index is 2.51. The van der Waals surface area contributed by atoms with Crippen molar-refractivity contribution in [1.82, 2.24) is 9.97 Å². The summed E-state index contributed by atoms with van der Waals surface area (Å²) in [5, 5.41) is 14.0. The van der Waals surface area contributed by atoms with Gasteiger partial charge in [0.1, 0.15) is 6.20 Å². The molecule has 0 saturated carbocycles. The fourth-order valence-corrected chi connectivity index (χ4v) is 2.16. The highest BCUT2D eigenvalue weighted by Gasteiger charge is 2.19. The van der Waals surface area contributed by atoms with Gasteiger partial charge in [0.05, 0.1) is 4.92 Å². The van der Waals surface area contributed by atoms with Crippen molar-refractivity contribution in [2.24, 2.45) is 5.92 Å². The quantitative estimate of drug-likeness (QED) is 0.673. The van der Waals surface area contributed by atoms with Crippen molar-refractivity contribution < 1.29 is 4.92 Å². The van der Waals surface area contributed by atoms with Crippen molar-refractivity contribution in [1.29, 1.82) is 0 Å². The largest absolute Gasteiger partial charge is 0.357 e. The van der Waals surface area contributed by atoms with Crippen LogP contribution >= 0.6 is 0 Å². The van der Waals surface area contributed by atoms with E-state index in [-0.39, 0.29) is 5.69 Å². The van der Waals surface area contributed by atoms with Gasteiger partial charge in [-0.05, 0) is 24.0 Å². The van der Waals surface area contributed by atoms with Gasteiger partial charge in [0.15, 0.2) is 5.69 Å². The van der Waals surface area contributed by atoms with Crippen LogP contribution in [0.5, 0.6) is 0 Å². The monoisotopic (exact) mass is 286 g/mol. The van der Waals surface area contributed by atoms with E-state index >= 15 is 0 Å². The number of hydrogen-bond acceptors (Lipinski definition) is 5. The fourth-order valence-electron chi connectivity index (χ4n) is 2.16. The molecule has 0 spiro atoms. The molecule has 0 saturated heterocycles. The zero-order chi connectivity index (χ0) is 15.4. The van der Waals surface area contributed by atoms with Crippen molar-refractivity contribution >= 4 is 11.6 Å². The Morgan fingerprint density at radius 1 is 1.38 bits per heavy atom. The average Bonchev–Trinajstić information content (AvgIpc) is 2.46. The Bertz CT molecular complexity index is 656. The van der Waals surface area contributed by atoms with Crippen molar-refractivity contribution in [2.45, 2.75) is 20.3 Å². The third-order valence-corrected chi connectivity index (χ3v) is 3.03. The molecule has 1 aromatic carbocycles. The summed E-state index contributed by atoms with van der Waals surface area (Å²) in [5.74, 6) is 0.887. The van der Waals surface area contributed by atoms with Crippen LogP contribution in [0.25, 0.3) is 11.3 Å². The lowest BCUT2D eigenvalue weighted by Gasteiger charge is -2.08. The van der Waals surface area contributed by atoms with Gasteiger partial charge in [-0.1, -0.05) is 32.0 Å². The third-order valence-electron chi connectivity index (χ3n) is 3.03. The van der Waals surface area contributed by atoms with Gasteiger partial charge < -0.3 is 5.32 Å². The molecule has 0 aliphatic carbocycles. The second kappa shape index (κ2) is 6.30. The minimum absolute atomic E-state index is 0.0873. The van der Waals surface area contributed by atoms with E-state index in [9.17, 15) is 10.1 Å². The van der Waals surface area contributed by atoms with Crippen LogP contribution in [0.1, 0.15) is 19.4 Å². The van der Waals surface area contributed by atoms with Crippen LogP contribution in [0.2, 0.25) is 0 Å². The second-order valence-electron chi connectivity index (χ2n) is 5.23. The smallest absolute Gasteiger partial charge is 0.313 e. The highest BCUT2D eigenvalue weighted by molar-refractivity contribution is 5.70. The van der Waals surface area contributed by atoms with Crippen LogP contribution in [0.4, 0.5) is 11.6 Å². The Labute approximate surface area is 123 Å². The maximum absolute atomic E-state index is 11.2. The number of rotatable bonds is 5. The summed E-state index contributed by atoms with van der Waals surface area (Å²) in [6.45, 7) is 4.28. The standard InChI is InChI=1S/C15H18N4O2/c1-10(2)7-11-5-4-6-12(8-11)14-13(19(20)21)9-17-15(16-3)18-14/h4-6,8-10H,7H2,1-3H3,(H,16,17,18). The number of aromatic nitrogens is 2. The molecule has 0 unspecified atom stereocenters. The Morgan fingerprint density at radius 2 is 2.14 bits per heavy atom. The lowest BCUT2D eigenvalue weighted by Crippen LogP contribution is -2.02. The van der Waals surface area contributed by atoms with Crippen LogP contribution in [-0.2, 0) is 6.42 Å². The first-order valence-electron chi connectivity index (χ1n) is 6.79. The maximum Gasteiger partial charge on any atom is 0.313 e. The van der Waals surface area contributed by atoms with Crippen LogP contribution in [-0.4, -0.2) is 21.9 Å². The predicted molar refractivity (Wildman–Crippen MR) is 82.2 cm³/mol. The van der Waals surface area contributed by atoms with Crippen LogP contribution in [0, 0.1) is 16.0 Å². The summed E-state index contributed by atoms with van der Waals surface area (Å²) >= 11 is 0. The molecule has 0 amide bonds. The number of nitro groups is 1. The first kappa shape index (κ1) is 14.9. The Hall–Kier alpha value is -2.50. The van der Waals surface area contributed by atoms with Gasteiger partial charge in [-0.15, -0.1) is 0 Å². The molecule has 2 aromatic rings. The Kier molecular flexibility index (Phi) is 4.47. The summed E-state index contributed by atoms with van der Waals surface area (Å²) in [7, 11) is 1.68. The summed E-state index contributed by atoms with van der Waals surface area (Å²) in [4.78, 5) is 18.9. The molecule has 110 valence electrons. The molecule has 1 heterocycles. The zero-order valence-corrected chi connectivity index (χ0v) is 12.3. The number of hydrogen-bond donors (Lipinski definition) is 1. The topological polar surface area (TPSA) is 81.0 Å². The van der Waals surface area contributed by atoms with Gasteiger partial charge >= 0.3 is 5.69 Å². The van der Waals surface area contributed by atoms with Crippen molar-refractivity contribution in [3.8, 4) is 11.3 Å². The zero-order valence-electron chi connectivity index (χ0n) is 12.3. The van der Waals surface area contributed by atoms with E-state index in [1.807, 2.05) is 24.3 Å². The first-order valence-corrected chi connectivity index (χ1v) is 6.79. The predicted octanol–water partition coefficient (Wildman–Crippen LogP) is 3.29. The van der Waals surface area contributed by atoms with E-state index in [0.29, 0.717) is 17.6 Å².